The van der Waals surface area contributed by atoms with E-state index in [1.807, 2.05) is 6.92 Å². The zero-order chi connectivity index (χ0) is 34.7. The van der Waals surface area contributed by atoms with Gasteiger partial charge < -0.3 is 14.6 Å². The van der Waals surface area contributed by atoms with Crippen molar-refractivity contribution in [3.63, 3.8) is 0 Å². The van der Waals surface area contributed by atoms with E-state index >= 15 is 0 Å². The average molecular weight is 671 g/mol. The molecule has 0 spiro atoms. The summed E-state index contributed by atoms with van der Waals surface area (Å²) in [5.74, 6) is 1.12. The number of Topliss-reactive ketones (excluding diaryl/α,β-unsaturated/α-hetero) is 1. The molecule has 5 heteroatoms. The Hall–Kier alpha value is -2.05. The molecule has 0 aromatic heterocycles. The van der Waals surface area contributed by atoms with Gasteiger partial charge in [0, 0.05) is 23.9 Å². The molecule has 9 atom stereocenters. The van der Waals surface area contributed by atoms with Gasteiger partial charge in [-0.3, -0.25) is 4.79 Å². The van der Waals surface area contributed by atoms with Gasteiger partial charge in [0.15, 0.2) is 0 Å². The molecule has 4 aliphatic rings. The third kappa shape index (κ3) is 5.54. The highest BCUT2D eigenvalue weighted by Gasteiger charge is 2.69. The van der Waals surface area contributed by atoms with Gasteiger partial charge in [-0.1, -0.05) is 128 Å². The molecular weight excluding hydrogens is 609 g/mol. The predicted octanol–water partition coefficient (Wildman–Crippen LogP) is 8.24. The molecule has 3 saturated carbocycles. The highest BCUT2D eigenvalue weighted by molar-refractivity contribution is 6.99. The van der Waals surface area contributed by atoms with Crippen LogP contribution >= 0.6 is 0 Å². The molecule has 48 heavy (non-hydrogen) atoms. The first-order valence-electron chi connectivity index (χ1n) is 19.0. The van der Waals surface area contributed by atoms with Gasteiger partial charge in [-0.2, -0.15) is 0 Å². The second kappa shape index (κ2) is 12.9. The molecule has 3 fully saturated rings. The average Bonchev–Trinajstić information content (AvgIpc) is 3.27. The van der Waals surface area contributed by atoms with E-state index in [0.717, 1.165) is 44.9 Å². The molecule has 0 amide bonds. The number of hydrogen-bond acceptors (Lipinski definition) is 4. The summed E-state index contributed by atoms with van der Waals surface area (Å²) in [7, 11) is -2.65. The van der Waals surface area contributed by atoms with Crippen LogP contribution in [-0.4, -0.2) is 42.1 Å². The Morgan fingerprint density at radius 1 is 0.938 bits per heavy atom. The molecule has 0 saturated heterocycles. The number of hydrogen-bond donors (Lipinski definition) is 2. The van der Waals surface area contributed by atoms with Crippen molar-refractivity contribution in [1.29, 1.82) is 0 Å². The highest BCUT2D eigenvalue weighted by atomic mass is 28.4. The molecule has 0 heterocycles. The molecule has 0 aliphatic heterocycles. The van der Waals surface area contributed by atoms with Crippen LogP contribution in [0.4, 0.5) is 0 Å². The standard InChI is InChI=1S/C43H62O4Si/c1-29(2)19-22-38(44)30(3)43(46)39(45)28-37-35-21-20-31-27-32(23-25-41(31,7)36(35)24-26-42(37,43)8)47-48(40(4,5)6,33-15-11-9-12-16-33)34-17-13-10-14-18-34/h9-18,20,29-30,32,35-37,39,45-46H,19,21-28H2,1-8H3/t30-,32+,35-,36+,37+,39-,41+,42+,43-/m1/s1. The van der Waals surface area contributed by atoms with E-state index in [0.29, 0.717) is 30.6 Å². The fourth-order valence-corrected chi connectivity index (χ4v) is 16.1. The van der Waals surface area contributed by atoms with Gasteiger partial charge in [-0.05, 0) is 95.9 Å². The van der Waals surface area contributed by atoms with Crippen LogP contribution in [0.3, 0.4) is 0 Å². The van der Waals surface area contributed by atoms with Crippen LogP contribution in [0.2, 0.25) is 5.04 Å². The van der Waals surface area contributed by atoms with Crippen LogP contribution in [0.15, 0.2) is 72.3 Å². The Balaban J connectivity index is 1.27. The number of aliphatic hydroxyl groups is 2. The fraction of sp³-hybridized carbons (Fsp3) is 0.651. The monoisotopic (exact) mass is 670 g/mol. The maximum absolute atomic E-state index is 13.4. The SMILES string of the molecule is CC(C)CCC(=O)[C@@H](C)[C@@]1(O)[C@H](O)C[C@H]2[C@@H]3CC=C4C[C@@H](O[Si](c5ccccc5)(c5ccccc5)C(C)(C)C)CC[C@]4(C)[C@H]3CC[C@@]21C. The number of benzene rings is 2. The van der Waals surface area contributed by atoms with Crippen molar-refractivity contribution in [2.45, 2.75) is 136 Å². The number of carbonyl (C=O) groups excluding carboxylic acids is 1. The highest BCUT2D eigenvalue weighted by Crippen LogP contribution is 2.68. The number of aliphatic hydroxyl groups excluding tert-OH is 1. The van der Waals surface area contributed by atoms with Gasteiger partial charge >= 0.3 is 0 Å². The van der Waals surface area contributed by atoms with Gasteiger partial charge in [-0.25, -0.2) is 0 Å². The minimum absolute atomic E-state index is 0.0519. The van der Waals surface area contributed by atoms with Crippen molar-refractivity contribution in [2.24, 2.45) is 40.4 Å². The van der Waals surface area contributed by atoms with Gasteiger partial charge in [0.25, 0.3) is 8.32 Å². The molecule has 4 aliphatic carbocycles. The van der Waals surface area contributed by atoms with E-state index in [4.69, 9.17) is 4.43 Å². The first-order valence-corrected chi connectivity index (χ1v) is 20.9. The third-order valence-electron chi connectivity index (χ3n) is 14.2. The van der Waals surface area contributed by atoms with Gasteiger partial charge in [0.05, 0.1) is 6.10 Å². The van der Waals surface area contributed by atoms with Gasteiger partial charge in [-0.15, -0.1) is 0 Å². The zero-order valence-corrected chi connectivity index (χ0v) is 32.0. The van der Waals surface area contributed by atoms with E-state index in [-0.39, 0.29) is 28.3 Å². The number of carbonyl (C=O) groups is 1. The number of fused-ring (bicyclic) bond motifs is 5. The Labute approximate surface area is 291 Å². The summed E-state index contributed by atoms with van der Waals surface area (Å²) in [6, 6.07) is 22.0. The molecule has 2 aromatic carbocycles. The van der Waals surface area contributed by atoms with Gasteiger partial charge in [0.2, 0.25) is 0 Å². The van der Waals surface area contributed by atoms with E-state index in [2.05, 4.69) is 115 Å². The summed E-state index contributed by atoms with van der Waals surface area (Å²) in [5.41, 5.74) is -0.179. The van der Waals surface area contributed by atoms with Crippen molar-refractivity contribution < 1.29 is 19.4 Å². The van der Waals surface area contributed by atoms with E-state index in [9.17, 15) is 15.0 Å². The smallest absolute Gasteiger partial charge is 0.261 e. The Bertz CT molecular complexity index is 1440. The molecule has 6 rings (SSSR count). The lowest BCUT2D eigenvalue weighted by Crippen LogP contribution is -2.68. The first-order chi connectivity index (χ1) is 22.6. The van der Waals surface area contributed by atoms with Crippen LogP contribution in [0.5, 0.6) is 0 Å². The summed E-state index contributed by atoms with van der Waals surface area (Å²) in [6.07, 6.45) is 9.72. The van der Waals surface area contributed by atoms with Crippen LogP contribution < -0.4 is 10.4 Å². The lowest BCUT2D eigenvalue weighted by Gasteiger charge is -2.60. The summed E-state index contributed by atoms with van der Waals surface area (Å²) in [4.78, 5) is 13.4. The Kier molecular flexibility index (Phi) is 9.63. The summed E-state index contributed by atoms with van der Waals surface area (Å²) in [5, 5.41) is 26.6. The van der Waals surface area contributed by atoms with Crippen molar-refractivity contribution in [3.8, 4) is 0 Å². The van der Waals surface area contributed by atoms with E-state index < -0.39 is 31.4 Å². The number of ketones is 1. The maximum atomic E-state index is 13.4. The molecule has 0 unspecified atom stereocenters. The molecule has 2 aromatic rings. The molecule has 262 valence electrons. The predicted molar refractivity (Wildman–Crippen MR) is 199 cm³/mol. The first kappa shape index (κ1) is 35.8. The fourth-order valence-electron chi connectivity index (χ4n) is 11.4. The Morgan fingerprint density at radius 2 is 1.54 bits per heavy atom. The van der Waals surface area contributed by atoms with Crippen LogP contribution in [0, 0.1) is 40.4 Å². The van der Waals surface area contributed by atoms with E-state index in [1.165, 1.54) is 10.4 Å². The number of rotatable bonds is 9. The van der Waals surface area contributed by atoms with Crippen molar-refractivity contribution in [1.82, 2.24) is 0 Å². The van der Waals surface area contributed by atoms with E-state index in [1.54, 1.807) is 5.57 Å². The lowest BCUT2D eigenvalue weighted by molar-refractivity contribution is -0.184. The maximum Gasteiger partial charge on any atom is 0.261 e. The molecule has 2 N–H and O–H groups in total. The topological polar surface area (TPSA) is 66.8 Å². The van der Waals surface area contributed by atoms with Crippen molar-refractivity contribution in [2.75, 3.05) is 0 Å². The molecule has 4 nitrogen and oxygen atoms in total. The zero-order valence-electron chi connectivity index (χ0n) is 31.0. The van der Waals surface area contributed by atoms with Crippen LogP contribution in [0.1, 0.15) is 113 Å². The molecule has 0 radical (unpaired) electrons. The molecule has 0 bridgehead atoms. The normalized spacial score (nSPS) is 35.7. The second-order valence-electron chi connectivity index (χ2n) is 18.1. The lowest BCUT2D eigenvalue weighted by atomic mass is 9.46. The Morgan fingerprint density at radius 3 is 2.10 bits per heavy atom. The number of allylic oxidation sites excluding steroid dienone is 1. The second-order valence-corrected chi connectivity index (χ2v) is 22.3. The quantitative estimate of drug-likeness (QED) is 0.208. The van der Waals surface area contributed by atoms with Gasteiger partial charge in [0.1, 0.15) is 11.4 Å². The minimum Gasteiger partial charge on any atom is -0.404 e. The summed E-state index contributed by atoms with van der Waals surface area (Å²) >= 11 is 0. The largest absolute Gasteiger partial charge is 0.404 e. The van der Waals surface area contributed by atoms with Crippen LogP contribution in [-0.2, 0) is 9.22 Å². The van der Waals surface area contributed by atoms with Crippen molar-refractivity contribution >= 4 is 24.5 Å². The summed E-state index contributed by atoms with van der Waals surface area (Å²) < 4.78 is 7.66. The van der Waals surface area contributed by atoms with Crippen LogP contribution in [0.25, 0.3) is 0 Å². The third-order valence-corrected chi connectivity index (χ3v) is 19.3. The minimum atomic E-state index is -2.65. The molecular formula is C43H62O4Si. The van der Waals surface area contributed by atoms with Crippen molar-refractivity contribution in [3.05, 3.63) is 72.3 Å². The summed E-state index contributed by atoms with van der Waals surface area (Å²) in [6.45, 7) is 18.0.